The molecule has 1 N–H and O–H groups in total. The molecule has 0 atom stereocenters. The molecule has 0 saturated carbocycles. The maximum Gasteiger partial charge on any atom is 0.256 e. The minimum atomic E-state index is -0.252. The molecular formula is C20H20ClN3O2. The number of carbonyl (C=O) groups is 1. The molecule has 3 rings (SSSR count). The first kappa shape index (κ1) is 18.0. The van der Waals surface area contributed by atoms with E-state index in [1.807, 2.05) is 54.6 Å². The highest BCUT2D eigenvalue weighted by molar-refractivity contribution is 6.33. The van der Waals surface area contributed by atoms with E-state index < -0.39 is 0 Å². The molecule has 0 unspecified atom stereocenters. The van der Waals surface area contributed by atoms with Crippen molar-refractivity contribution >= 4 is 17.5 Å². The number of aryl methyl sites for hydroxylation is 1. The van der Waals surface area contributed by atoms with Gasteiger partial charge in [0.05, 0.1) is 24.9 Å². The van der Waals surface area contributed by atoms with Crippen LogP contribution in [0.4, 0.5) is 0 Å². The van der Waals surface area contributed by atoms with Crippen molar-refractivity contribution in [3.05, 3.63) is 82.1 Å². The Morgan fingerprint density at radius 1 is 1.15 bits per heavy atom. The molecule has 1 heterocycles. The van der Waals surface area contributed by atoms with Crippen molar-refractivity contribution in [2.45, 2.75) is 20.0 Å². The fourth-order valence-corrected chi connectivity index (χ4v) is 3.11. The Kier molecular flexibility index (Phi) is 5.58. The Hall–Kier alpha value is -2.79. The van der Waals surface area contributed by atoms with Crippen molar-refractivity contribution in [3.63, 3.8) is 0 Å². The summed E-state index contributed by atoms with van der Waals surface area (Å²) in [6.45, 7) is 2.65. The van der Waals surface area contributed by atoms with E-state index in [-0.39, 0.29) is 5.91 Å². The molecule has 1 amide bonds. The molecule has 0 saturated heterocycles. The van der Waals surface area contributed by atoms with Gasteiger partial charge in [0.1, 0.15) is 10.9 Å². The van der Waals surface area contributed by atoms with Gasteiger partial charge in [-0.25, -0.2) is 4.68 Å². The molecule has 0 bridgehead atoms. The van der Waals surface area contributed by atoms with Crippen LogP contribution < -0.4 is 10.1 Å². The van der Waals surface area contributed by atoms with Crippen molar-refractivity contribution in [2.24, 2.45) is 0 Å². The van der Waals surface area contributed by atoms with E-state index in [4.69, 9.17) is 16.3 Å². The summed E-state index contributed by atoms with van der Waals surface area (Å²) in [5.41, 5.74) is 2.97. The second kappa shape index (κ2) is 8.06. The summed E-state index contributed by atoms with van der Waals surface area (Å²) in [4.78, 5) is 12.6. The number of hydrogen-bond acceptors (Lipinski definition) is 3. The number of nitrogens with zero attached hydrogens (tertiary/aromatic N) is 2. The maximum atomic E-state index is 12.6. The Morgan fingerprint density at radius 2 is 1.85 bits per heavy atom. The van der Waals surface area contributed by atoms with E-state index in [2.05, 4.69) is 10.4 Å². The highest BCUT2D eigenvalue weighted by Gasteiger charge is 2.20. The van der Waals surface area contributed by atoms with Crippen LogP contribution in [0.5, 0.6) is 5.75 Å². The second-order valence-corrected chi connectivity index (χ2v) is 6.25. The van der Waals surface area contributed by atoms with Gasteiger partial charge in [0.25, 0.3) is 5.91 Å². The third-order valence-corrected chi connectivity index (χ3v) is 4.48. The van der Waals surface area contributed by atoms with Gasteiger partial charge >= 0.3 is 0 Å². The SMILES string of the molecule is COc1ccccc1CNC(=O)c1c(C)nn(Cc2ccccc2)c1Cl. The van der Waals surface area contributed by atoms with Crippen LogP contribution in [0.1, 0.15) is 27.2 Å². The molecule has 0 fully saturated rings. The fraction of sp³-hybridized carbons (Fsp3) is 0.200. The smallest absolute Gasteiger partial charge is 0.256 e. The molecule has 134 valence electrons. The van der Waals surface area contributed by atoms with E-state index in [9.17, 15) is 4.79 Å². The third-order valence-electron chi connectivity index (χ3n) is 4.10. The molecule has 3 aromatic rings. The van der Waals surface area contributed by atoms with Crippen LogP contribution >= 0.6 is 11.6 Å². The summed E-state index contributed by atoms with van der Waals surface area (Å²) in [5.74, 6) is 0.480. The van der Waals surface area contributed by atoms with Gasteiger partial charge in [-0.15, -0.1) is 0 Å². The van der Waals surface area contributed by atoms with E-state index in [0.717, 1.165) is 16.9 Å². The van der Waals surface area contributed by atoms with Gasteiger partial charge in [0, 0.05) is 12.1 Å². The van der Waals surface area contributed by atoms with Crippen molar-refractivity contribution in [2.75, 3.05) is 7.11 Å². The summed E-state index contributed by atoms with van der Waals surface area (Å²) in [5, 5.41) is 7.64. The van der Waals surface area contributed by atoms with E-state index in [0.29, 0.717) is 29.5 Å². The predicted molar refractivity (Wildman–Crippen MR) is 102 cm³/mol. The van der Waals surface area contributed by atoms with E-state index >= 15 is 0 Å². The number of amides is 1. The number of nitrogens with one attached hydrogen (secondary N) is 1. The number of benzene rings is 2. The predicted octanol–water partition coefficient (Wildman–Crippen LogP) is 3.83. The van der Waals surface area contributed by atoms with Gasteiger partial charge < -0.3 is 10.1 Å². The molecular weight excluding hydrogens is 350 g/mol. The lowest BCUT2D eigenvalue weighted by Gasteiger charge is -2.09. The molecule has 5 nitrogen and oxygen atoms in total. The number of para-hydroxylation sites is 1. The van der Waals surface area contributed by atoms with Crippen LogP contribution in [0, 0.1) is 6.92 Å². The van der Waals surface area contributed by atoms with Gasteiger partial charge in [0.15, 0.2) is 0 Å². The van der Waals surface area contributed by atoms with Crippen LogP contribution in [0.15, 0.2) is 54.6 Å². The quantitative estimate of drug-likeness (QED) is 0.718. The minimum absolute atomic E-state index is 0.252. The van der Waals surface area contributed by atoms with Gasteiger partial charge in [0.2, 0.25) is 0 Å². The zero-order valence-electron chi connectivity index (χ0n) is 14.7. The average molecular weight is 370 g/mol. The molecule has 2 aromatic carbocycles. The van der Waals surface area contributed by atoms with Crippen LogP contribution in [0.25, 0.3) is 0 Å². The Labute approximate surface area is 157 Å². The summed E-state index contributed by atoms with van der Waals surface area (Å²) >= 11 is 6.43. The van der Waals surface area contributed by atoms with E-state index in [1.165, 1.54) is 0 Å². The number of halogens is 1. The number of carbonyl (C=O) groups excluding carboxylic acids is 1. The normalized spacial score (nSPS) is 10.6. The molecule has 0 spiro atoms. The number of rotatable bonds is 6. The lowest BCUT2D eigenvalue weighted by Crippen LogP contribution is -2.23. The number of aromatic nitrogens is 2. The van der Waals surface area contributed by atoms with Gasteiger partial charge in [-0.2, -0.15) is 5.10 Å². The standard InChI is InChI=1S/C20H20ClN3O2/c1-14-18(19(21)24(23-14)13-15-8-4-3-5-9-15)20(25)22-12-16-10-6-7-11-17(16)26-2/h3-11H,12-13H2,1-2H3,(H,22,25). The summed E-state index contributed by atoms with van der Waals surface area (Å²) < 4.78 is 6.95. The fourth-order valence-electron chi connectivity index (χ4n) is 2.79. The molecule has 0 aliphatic heterocycles. The zero-order chi connectivity index (χ0) is 18.5. The largest absolute Gasteiger partial charge is 0.496 e. The van der Waals surface area contributed by atoms with Crippen molar-refractivity contribution in [1.29, 1.82) is 0 Å². The third kappa shape index (κ3) is 3.89. The first-order valence-electron chi connectivity index (χ1n) is 8.27. The van der Waals surface area contributed by atoms with Gasteiger partial charge in [-0.05, 0) is 18.6 Å². The van der Waals surface area contributed by atoms with Gasteiger partial charge in [-0.3, -0.25) is 4.79 Å². The van der Waals surface area contributed by atoms with Crippen molar-refractivity contribution in [3.8, 4) is 5.75 Å². The van der Waals surface area contributed by atoms with Crippen LogP contribution in [-0.2, 0) is 13.1 Å². The van der Waals surface area contributed by atoms with Crippen molar-refractivity contribution in [1.82, 2.24) is 15.1 Å². The topological polar surface area (TPSA) is 56.1 Å². The highest BCUT2D eigenvalue weighted by Crippen LogP contribution is 2.22. The van der Waals surface area contributed by atoms with E-state index in [1.54, 1.807) is 18.7 Å². The van der Waals surface area contributed by atoms with Crippen LogP contribution in [-0.4, -0.2) is 22.8 Å². The number of methoxy groups -OCH3 is 1. The summed E-state index contributed by atoms with van der Waals surface area (Å²) in [7, 11) is 1.61. The molecule has 0 aliphatic rings. The molecule has 0 aliphatic carbocycles. The highest BCUT2D eigenvalue weighted by atomic mass is 35.5. The van der Waals surface area contributed by atoms with Crippen molar-refractivity contribution < 1.29 is 9.53 Å². The van der Waals surface area contributed by atoms with Crippen LogP contribution in [0.3, 0.4) is 0 Å². The second-order valence-electron chi connectivity index (χ2n) is 5.89. The molecule has 0 radical (unpaired) electrons. The molecule has 1 aromatic heterocycles. The van der Waals surface area contributed by atoms with Gasteiger partial charge in [-0.1, -0.05) is 60.1 Å². The monoisotopic (exact) mass is 369 g/mol. The number of hydrogen-bond donors (Lipinski definition) is 1. The van der Waals surface area contributed by atoms with Crippen LogP contribution in [0.2, 0.25) is 5.15 Å². The minimum Gasteiger partial charge on any atom is -0.496 e. The first-order chi connectivity index (χ1) is 12.6. The molecule has 26 heavy (non-hydrogen) atoms. The number of ether oxygens (including phenoxy) is 1. The Morgan fingerprint density at radius 3 is 2.58 bits per heavy atom. The zero-order valence-corrected chi connectivity index (χ0v) is 15.5. The Balaban J connectivity index is 1.75. The summed E-state index contributed by atoms with van der Waals surface area (Å²) in [6, 6.07) is 17.4. The maximum absolute atomic E-state index is 12.6. The Bertz CT molecular complexity index is 907. The summed E-state index contributed by atoms with van der Waals surface area (Å²) in [6.07, 6.45) is 0. The average Bonchev–Trinajstić information content (AvgIpc) is 2.94. The molecule has 6 heteroatoms. The first-order valence-corrected chi connectivity index (χ1v) is 8.65. The lowest BCUT2D eigenvalue weighted by molar-refractivity contribution is 0.0950. The lowest BCUT2D eigenvalue weighted by atomic mass is 10.2.